The molecule has 41 heavy (non-hydrogen) atoms. The van der Waals surface area contributed by atoms with E-state index in [1.165, 1.54) is 16.7 Å². The number of carbonyl (C=O) groups excluding carboxylic acids is 1. The van der Waals surface area contributed by atoms with Gasteiger partial charge >= 0.3 is 0 Å². The van der Waals surface area contributed by atoms with Crippen LogP contribution in [0.1, 0.15) is 101 Å². The van der Waals surface area contributed by atoms with Gasteiger partial charge in [0.1, 0.15) is 0 Å². The molecule has 5 heteroatoms. The maximum absolute atomic E-state index is 14.1. The molecule has 4 atom stereocenters. The quantitative estimate of drug-likeness (QED) is 0.255. The molecule has 0 spiro atoms. The number of nitrogens with zero attached hydrogens (tertiary/aromatic N) is 1. The molecule has 1 aromatic heterocycles. The van der Waals surface area contributed by atoms with Crippen molar-refractivity contribution in [2.75, 3.05) is 6.54 Å². The zero-order valence-electron chi connectivity index (χ0n) is 24.7. The van der Waals surface area contributed by atoms with Gasteiger partial charge in [0.2, 0.25) is 5.78 Å². The van der Waals surface area contributed by atoms with E-state index in [0.717, 1.165) is 71.6 Å². The Morgan fingerprint density at radius 2 is 1.78 bits per heavy atom. The fraction of sp³-hybridized carbons (Fsp3) is 0.472. The van der Waals surface area contributed by atoms with E-state index in [4.69, 9.17) is 0 Å². The van der Waals surface area contributed by atoms with Gasteiger partial charge in [-0.3, -0.25) is 9.69 Å². The molecule has 0 radical (unpaired) electrons. The molecular weight excluding hydrogens is 526 g/mol. The highest BCUT2D eigenvalue weighted by atomic mass is 32.1. The summed E-state index contributed by atoms with van der Waals surface area (Å²) < 4.78 is 0. The molecule has 7 rings (SSSR count). The highest BCUT2D eigenvalue weighted by molar-refractivity contribution is 7.14. The van der Waals surface area contributed by atoms with Crippen molar-refractivity contribution in [1.82, 2.24) is 4.90 Å². The number of benzene rings is 2. The van der Waals surface area contributed by atoms with E-state index in [1.807, 2.05) is 25.1 Å². The van der Waals surface area contributed by atoms with Gasteiger partial charge in [-0.1, -0.05) is 55.0 Å². The number of ketones is 1. The summed E-state index contributed by atoms with van der Waals surface area (Å²) in [7, 11) is 0. The average Bonchev–Trinajstić information content (AvgIpc) is 3.62. The van der Waals surface area contributed by atoms with Gasteiger partial charge in [-0.2, -0.15) is 0 Å². The van der Waals surface area contributed by atoms with Gasteiger partial charge in [0.15, 0.2) is 0 Å². The Balaban J connectivity index is 1.41. The van der Waals surface area contributed by atoms with E-state index < -0.39 is 17.1 Å². The lowest BCUT2D eigenvalue weighted by atomic mass is 9.64. The Morgan fingerprint density at radius 3 is 2.49 bits per heavy atom. The fourth-order valence-corrected chi connectivity index (χ4v) is 8.59. The third-order valence-corrected chi connectivity index (χ3v) is 11.3. The van der Waals surface area contributed by atoms with Crippen LogP contribution in [0.2, 0.25) is 0 Å². The maximum Gasteiger partial charge on any atom is 0.203 e. The lowest BCUT2D eigenvalue weighted by Crippen LogP contribution is -2.51. The number of carbonyl (C=O) groups is 1. The van der Waals surface area contributed by atoms with Crippen molar-refractivity contribution in [1.29, 1.82) is 0 Å². The van der Waals surface area contributed by atoms with E-state index in [-0.39, 0.29) is 11.7 Å². The maximum atomic E-state index is 14.1. The Bertz CT molecular complexity index is 1450. The molecular formula is C36H43NO3S. The molecule has 1 saturated carbocycles. The van der Waals surface area contributed by atoms with Crippen LogP contribution in [0.15, 0.2) is 66.2 Å². The Hall–Kier alpha value is -2.57. The van der Waals surface area contributed by atoms with Crippen molar-refractivity contribution in [2.45, 2.75) is 96.4 Å². The first-order valence-electron chi connectivity index (χ1n) is 15.2. The first-order chi connectivity index (χ1) is 19.6. The lowest BCUT2D eigenvalue weighted by molar-refractivity contribution is -0.0845. The first kappa shape index (κ1) is 28.5. The van der Waals surface area contributed by atoms with E-state index in [0.29, 0.717) is 19.4 Å². The van der Waals surface area contributed by atoms with E-state index in [1.54, 1.807) is 11.3 Å². The van der Waals surface area contributed by atoms with Crippen molar-refractivity contribution in [3.05, 3.63) is 104 Å². The number of hydrogen-bond acceptors (Lipinski definition) is 5. The minimum atomic E-state index is -0.868. The number of aliphatic hydroxyl groups excluding tert-OH is 1. The fourth-order valence-electron chi connectivity index (χ4n) is 7.77. The predicted molar refractivity (Wildman–Crippen MR) is 166 cm³/mol. The molecule has 3 aromatic rings. The number of β-amino-alcohol motifs (C(OH)–C–C–N with tert-alkyl or cyclic N) is 1. The molecule has 2 heterocycles. The number of aliphatic hydroxyl groups is 2. The zero-order valence-corrected chi connectivity index (χ0v) is 25.5. The molecule has 4 nitrogen and oxygen atoms in total. The normalized spacial score (nSPS) is 28.7. The smallest absolute Gasteiger partial charge is 0.203 e. The van der Waals surface area contributed by atoms with Gasteiger partial charge in [-0.25, -0.2) is 0 Å². The van der Waals surface area contributed by atoms with Crippen LogP contribution in [-0.2, 0) is 19.5 Å². The van der Waals surface area contributed by atoms with E-state index >= 15 is 0 Å². The second-order valence-electron chi connectivity index (χ2n) is 13.1. The number of rotatable bonds is 4. The van der Waals surface area contributed by atoms with Crippen LogP contribution < -0.4 is 0 Å². The summed E-state index contributed by atoms with van der Waals surface area (Å²) in [6.07, 6.45) is 7.27. The summed E-state index contributed by atoms with van der Waals surface area (Å²) >= 11 is 1.54. The highest BCUT2D eigenvalue weighted by Crippen LogP contribution is 2.59. The van der Waals surface area contributed by atoms with Gasteiger partial charge in [-0.15, -0.1) is 11.3 Å². The second kappa shape index (κ2) is 11.3. The molecule has 2 N–H and O–H groups in total. The summed E-state index contributed by atoms with van der Waals surface area (Å²) in [5.74, 6) is 0.123. The number of hydrogen-bond donors (Lipinski definition) is 2. The third-order valence-electron chi connectivity index (χ3n) is 10.3. The molecule has 0 unspecified atom stereocenters. The van der Waals surface area contributed by atoms with Crippen molar-refractivity contribution in [3.8, 4) is 0 Å². The minimum absolute atomic E-state index is 0.0602. The van der Waals surface area contributed by atoms with E-state index in [9.17, 15) is 15.0 Å². The van der Waals surface area contributed by atoms with E-state index in [2.05, 4.69) is 61.2 Å². The summed E-state index contributed by atoms with van der Waals surface area (Å²) in [4.78, 5) is 18.3. The molecule has 1 fully saturated rings. The minimum Gasteiger partial charge on any atom is -0.393 e. The van der Waals surface area contributed by atoms with Crippen molar-refractivity contribution < 1.29 is 15.0 Å². The van der Waals surface area contributed by atoms with Crippen LogP contribution in [0.4, 0.5) is 0 Å². The Kier molecular flexibility index (Phi) is 7.84. The van der Waals surface area contributed by atoms with Crippen molar-refractivity contribution >= 4 is 17.1 Å². The van der Waals surface area contributed by atoms with Crippen LogP contribution in [0, 0.1) is 12.3 Å². The zero-order chi connectivity index (χ0) is 28.8. The standard InChI is InChI=1S/C36H43NO3S/c1-24-7-6-17-35(3)32(16-18-36(35,40)23-37-21-27-8-4-5-9-28(27)22-37)30-14-12-26(19-29(38)13-10-24)20-31(30)34(39)33-15-11-25(2)41-33/h4-5,7-9,11-12,14-15,20,29,32,38,40H,6,10,13,16-19,21-23H2,1-3H3/t29-,32-,35-,36+/m0/s1. The number of thiophene rings is 1. The van der Waals surface area contributed by atoms with Crippen molar-refractivity contribution in [3.63, 3.8) is 0 Å². The van der Waals surface area contributed by atoms with Crippen LogP contribution in [-0.4, -0.2) is 39.1 Å². The number of fused-ring (bicyclic) bond motifs is 9. The van der Waals surface area contributed by atoms with Gasteiger partial charge in [-0.05, 0) is 105 Å². The van der Waals surface area contributed by atoms with Crippen LogP contribution in [0.25, 0.3) is 0 Å². The molecule has 2 bridgehead atoms. The molecule has 2 aromatic carbocycles. The van der Waals surface area contributed by atoms with Crippen molar-refractivity contribution in [2.24, 2.45) is 5.41 Å². The van der Waals surface area contributed by atoms with Gasteiger partial charge < -0.3 is 10.2 Å². The molecule has 0 saturated heterocycles. The summed E-state index contributed by atoms with van der Waals surface area (Å²) in [6.45, 7) is 8.86. The van der Waals surface area contributed by atoms with Crippen LogP contribution >= 0.6 is 11.3 Å². The lowest BCUT2D eigenvalue weighted by Gasteiger charge is -2.45. The monoisotopic (exact) mass is 569 g/mol. The third kappa shape index (κ3) is 5.50. The topological polar surface area (TPSA) is 60.8 Å². The summed E-state index contributed by atoms with van der Waals surface area (Å²) in [6, 6.07) is 18.9. The Labute approximate surface area is 248 Å². The SMILES string of the molecule is CC1=CCC[C@@]2(C)[C@@H](CC[C@@]2(O)CN2Cc3ccccc3C2)c2ccc(cc2C(=O)c2ccc(C)s2)C[C@@H](O)CC1. The summed E-state index contributed by atoms with van der Waals surface area (Å²) in [5, 5.41) is 23.4. The molecule has 1 aliphatic heterocycles. The van der Waals surface area contributed by atoms with Gasteiger partial charge in [0.25, 0.3) is 0 Å². The number of aryl methyl sites for hydroxylation is 1. The summed E-state index contributed by atoms with van der Waals surface area (Å²) in [5.41, 5.74) is 5.55. The highest BCUT2D eigenvalue weighted by Gasteiger charge is 2.57. The van der Waals surface area contributed by atoms with Gasteiger partial charge in [0.05, 0.1) is 16.6 Å². The Morgan fingerprint density at radius 1 is 1.02 bits per heavy atom. The largest absolute Gasteiger partial charge is 0.393 e. The van der Waals surface area contributed by atoms with Crippen LogP contribution in [0.5, 0.6) is 0 Å². The number of allylic oxidation sites excluding steroid dienone is 2. The molecule has 4 aliphatic rings. The molecule has 0 amide bonds. The molecule has 216 valence electrons. The second-order valence-corrected chi connectivity index (χ2v) is 14.4. The average molecular weight is 570 g/mol. The van der Waals surface area contributed by atoms with Gasteiger partial charge in [0, 0.05) is 35.5 Å². The first-order valence-corrected chi connectivity index (χ1v) is 16.1. The van der Waals surface area contributed by atoms with Crippen LogP contribution in [0.3, 0.4) is 0 Å². The predicted octanol–water partition coefficient (Wildman–Crippen LogP) is 7.34. The molecule has 3 aliphatic carbocycles.